The van der Waals surface area contributed by atoms with E-state index in [9.17, 15) is 9.59 Å². The summed E-state index contributed by atoms with van der Waals surface area (Å²) in [5.41, 5.74) is 0. The van der Waals surface area contributed by atoms with Gasteiger partial charge in [0, 0.05) is 0 Å². The fraction of sp³-hybridized carbons (Fsp3) is 0.556. The minimum atomic E-state index is -1.10. The molecule has 0 spiro atoms. The highest BCUT2D eigenvalue weighted by Gasteiger charge is 2.38. The molecule has 1 aliphatic rings. The highest BCUT2D eigenvalue weighted by molar-refractivity contribution is 5.82. The Morgan fingerprint density at radius 2 is 2.50 bits per heavy atom. The molecule has 1 rings (SSSR count). The molecule has 0 saturated carbocycles. The number of morpholine rings is 1. The van der Waals surface area contributed by atoms with E-state index in [0.717, 1.165) is 4.90 Å². The fourth-order valence-corrected chi connectivity index (χ4v) is 1.49. The Bertz CT molecular complexity index is 264. The van der Waals surface area contributed by atoms with E-state index in [4.69, 9.17) is 9.84 Å². The maximum Gasteiger partial charge on any atom is 0.408 e. The molecule has 0 aromatic rings. The van der Waals surface area contributed by atoms with Crippen molar-refractivity contribution in [2.24, 2.45) is 0 Å². The number of carbonyl (C=O) groups is 2. The molecule has 1 fully saturated rings. The van der Waals surface area contributed by atoms with Crippen molar-refractivity contribution in [2.75, 3.05) is 6.61 Å². The van der Waals surface area contributed by atoms with Crippen LogP contribution in [0.3, 0.4) is 0 Å². The Labute approximate surface area is 82.0 Å². The lowest BCUT2D eigenvalue weighted by atomic mass is 10.1. The number of carboxylic acid groups (broad SMARTS) is 1. The Hall–Kier alpha value is -1.52. The van der Waals surface area contributed by atoms with Crippen LogP contribution in [0.1, 0.15) is 13.3 Å². The molecule has 1 saturated heterocycles. The predicted molar refractivity (Wildman–Crippen MR) is 48.9 cm³/mol. The maximum absolute atomic E-state index is 11.3. The second-order valence-electron chi connectivity index (χ2n) is 3.21. The van der Waals surface area contributed by atoms with Gasteiger partial charge in [0.2, 0.25) is 0 Å². The highest BCUT2D eigenvalue weighted by atomic mass is 16.5. The summed E-state index contributed by atoms with van der Waals surface area (Å²) < 4.78 is 4.84. The quantitative estimate of drug-likeness (QED) is 0.529. The van der Waals surface area contributed by atoms with E-state index >= 15 is 0 Å². The van der Waals surface area contributed by atoms with Crippen molar-refractivity contribution in [1.82, 2.24) is 4.90 Å². The monoisotopic (exact) mass is 199 g/mol. The number of rotatable bonds is 2. The Balaban J connectivity index is 2.85. The summed E-state index contributed by atoms with van der Waals surface area (Å²) in [6.45, 7) is 5.31. The van der Waals surface area contributed by atoms with Crippen LogP contribution in [0.5, 0.6) is 0 Å². The zero-order valence-electron chi connectivity index (χ0n) is 7.97. The van der Waals surface area contributed by atoms with Crippen molar-refractivity contribution >= 4 is 12.1 Å². The van der Waals surface area contributed by atoms with Gasteiger partial charge in [0.25, 0.3) is 0 Å². The molecule has 5 heteroatoms. The van der Waals surface area contributed by atoms with Crippen molar-refractivity contribution in [1.29, 1.82) is 0 Å². The van der Waals surface area contributed by atoms with Crippen molar-refractivity contribution in [2.45, 2.75) is 25.4 Å². The number of hydrogen-bond acceptors (Lipinski definition) is 3. The molecule has 5 nitrogen and oxygen atoms in total. The molecular formula is C9H13NO4. The van der Waals surface area contributed by atoms with Crippen molar-refractivity contribution < 1.29 is 19.4 Å². The molecule has 14 heavy (non-hydrogen) atoms. The van der Waals surface area contributed by atoms with Crippen LogP contribution in [0.25, 0.3) is 0 Å². The van der Waals surface area contributed by atoms with E-state index in [-0.39, 0.29) is 19.1 Å². The topological polar surface area (TPSA) is 66.8 Å². The zero-order chi connectivity index (χ0) is 10.7. The van der Waals surface area contributed by atoms with Crippen LogP contribution in [-0.4, -0.2) is 40.8 Å². The van der Waals surface area contributed by atoms with E-state index in [1.54, 1.807) is 6.92 Å². The molecule has 1 heterocycles. The summed E-state index contributed by atoms with van der Waals surface area (Å²) in [5, 5.41) is 8.91. The minimum absolute atomic E-state index is 0.124. The first-order valence-electron chi connectivity index (χ1n) is 4.36. The summed E-state index contributed by atoms with van der Waals surface area (Å²) in [6, 6.07) is -1.04. The minimum Gasteiger partial charge on any atom is -0.465 e. The zero-order valence-corrected chi connectivity index (χ0v) is 7.97. The third-order valence-corrected chi connectivity index (χ3v) is 2.16. The van der Waals surface area contributed by atoms with E-state index in [1.807, 2.05) is 0 Å². The molecule has 0 unspecified atom stereocenters. The molecule has 0 aromatic heterocycles. The molecule has 1 N–H and O–H groups in total. The lowest BCUT2D eigenvalue weighted by Gasteiger charge is -2.36. The standard InChI is InChI=1S/C9H13NO4/c1-3-4-7-8(11)14-5-6(2)10(7)9(12)13/h3,6-7H,1,4-5H2,2H3,(H,12,13)/t6-,7-/m0/s1. The number of nitrogens with zero attached hydrogens (tertiary/aromatic N) is 1. The molecule has 0 bridgehead atoms. The molecule has 1 amide bonds. The van der Waals surface area contributed by atoms with Crippen LogP contribution >= 0.6 is 0 Å². The van der Waals surface area contributed by atoms with Crippen LogP contribution in [0.15, 0.2) is 12.7 Å². The average Bonchev–Trinajstić information content (AvgIpc) is 2.11. The van der Waals surface area contributed by atoms with Gasteiger partial charge < -0.3 is 9.84 Å². The first kappa shape index (κ1) is 10.6. The van der Waals surface area contributed by atoms with Gasteiger partial charge in [0.05, 0.1) is 6.04 Å². The van der Waals surface area contributed by atoms with Crippen LogP contribution < -0.4 is 0 Å². The first-order valence-corrected chi connectivity index (χ1v) is 4.36. The second kappa shape index (κ2) is 4.13. The molecule has 0 radical (unpaired) electrons. The Kier molecular flexibility index (Phi) is 3.11. The molecule has 1 aliphatic heterocycles. The number of hydrogen-bond donors (Lipinski definition) is 1. The lowest BCUT2D eigenvalue weighted by molar-refractivity contribution is -0.159. The fourth-order valence-electron chi connectivity index (χ4n) is 1.49. The summed E-state index contributed by atoms with van der Waals surface area (Å²) >= 11 is 0. The molecule has 2 atom stereocenters. The average molecular weight is 199 g/mol. The summed E-state index contributed by atoms with van der Waals surface area (Å²) in [4.78, 5) is 23.3. The Morgan fingerprint density at radius 1 is 1.86 bits per heavy atom. The van der Waals surface area contributed by atoms with Gasteiger partial charge in [-0.25, -0.2) is 9.59 Å². The lowest BCUT2D eigenvalue weighted by Crippen LogP contribution is -2.55. The highest BCUT2D eigenvalue weighted by Crippen LogP contribution is 2.17. The van der Waals surface area contributed by atoms with Crippen LogP contribution in [0, 0.1) is 0 Å². The smallest absolute Gasteiger partial charge is 0.408 e. The van der Waals surface area contributed by atoms with Gasteiger partial charge in [-0.3, -0.25) is 4.90 Å². The van der Waals surface area contributed by atoms with Gasteiger partial charge in [-0.05, 0) is 13.3 Å². The van der Waals surface area contributed by atoms with Crippen molar-refractivity contribution in [3.8, 4) is 0 Å². The van der Waals surface area contributed by atoms with Gasteiger partial charge in [-0.1, -0.05) is 6.08 Å². The van der Waals surface area contributed by atoms with E-state index in [2.05, 4.69) is 6.58 Å². The number of cyclic esters (lactones) is 1. The van der Waals surface area contributed by atoms with Crippen LogP contribution in [-0.2, 0) is 9.53 Å². The number of carbonyl (C=O) groups excluding carboxylic acids is 1. The number of amides is 1. The summed E-state index contributed by atoms with van der Waals surface area (Å²) in [6.07, 6.45) is 0.705. The molecular weight excluding hydrogens is 186 g/mol. The summed E-state index contributed by atoms with van der Waals surface area (Å²) in [7, 11) is 0. The van der Waals surface area contributed by atoms with Gasteiger partial charge in [0.15, 0.2) is 0 Å². The van der Waals surface area contributed by atoms with E-state index in [1.165, 1.54) is 6.08 Å². The third kappa shape index (κ3) is 1.86. The molecule has 0 aromatic carbocycles. The molecule has 0 aliphatic carbocycles. The number of esters is 1. The summed E-state index contributed by atoms with van der Waals surface area (Å²) in [5.74, 6) is -0.495. The van der Waals surface area contributed by atoms with E-state index in [0.29, 0.717) is 0 Å². The van der Waals surface area contributed by atoms with Gasteiger partial charge >= 0.3 is 12.1 Å². The second-order valence-corrected chi connectivity index (χ2v) is 3.21. The van der Waals surface area contributed by atoms with Gasteiger partial charge in [-0.15, -0.1) is 6.58 Å². The van der Waals surface area contributed by atoms with Crippen LogP contribution in [0.2, 0.25) is 0 Å². The number of ether oxygens (including phenoxy) is 1. The maximum atomic E-state index is 11.3. The van der Waals surface area contributed by atoms with Crippen LogP contribution in [0.4, 0.5) is 4.79 Å². The van der Waals surface area contributed by atoms with E-state index < -0.39 is 18.1 Å². The SMILES string of the molecule is C=CC[C@H]1C(=O)OC[C@H](C)N1C(=O)O. The Morgan fingerprint density at radius 3 is 3.00 bits per heavy atom. The van der Waals surface area contributed by atoms with Gasteiger partial charge in [0.1, 0.15) is 12.6 Å². The largest absolute Gasteiger partial charge is 0.465 e. The normalized spacial score (nSPS) is 26.9. The third-order valence-electron chi connectivity index (χ3n) is 2.16. The molecule has 78 valence electrons. The first-order chi connectivity index (χ1) is 6.57. The van der Waals surface area contributed by atoms with Crippen molar-refractivity contribution in [3.05, 3.63) is 12.7 Å². The predicted octanol–water partition coefficient (Wildman–Crippen LogP) is 0.856. The van der Waals surface area contributed by atoms with Gasteiger partial charge in [-0.2, -0.15) is 0 Å². The van der Waals surface area contributed by atoms with Crippen molar-refractivity contribution in [3.63, 3.8) is 0 Å².